The van der Waals surface area contributed by atoms with Gasteiger partial charge in [-0.25, -0.2) is 0 Å². The topological polar surface area (TPSA) is 97.5 Å². The Labute approximate surface area is 57.4 Å². The third-order valence-corrected chi connectivity index (χ3v) is 0.667. The van der Waals surface area contributed by atoms with Crippen LogP contribution in [0.25, 0.3) is 20.9 Å². The summed E-state index contributed by atoms with van der Waals surface area (Å²) in [5.74, 6) is 0. The second-order valence-electron chi connectivity index (χ2n) is 1.30. The normalized spacial score (nSPS) is 8.40. The Balaban J connectivity index is 3.37. The molecule has 0 aromatic carbocycles. The number of hydrogen-bond acceptors (Lipinski definition) is 2. The summed E-state index contributed by atoms with van der Waals surface area (Å²) < 4.78 is 0. The van der Waals surface area contributed by atoms with Crippen LogP contribution in [0.15, 0.2) is 22.4 Å². The van der Waals surface area contributed by atoms with Gasteiger partial charge < -0.3 is 0 Å². The lowest BCUT2D eigenvalue weighted by Gasteiger charge is -1.75. The molecule has 0 aromatic heterocycles. The lowest BCUT2D eigenvalue weighted by molar-refractivity contribution is 1.16. The third-order valence-electron chi connectivity index (χ3n) is 0.667. The van der Waals surface area contributed by atoms with Gasteiger partial charge in [0.2, 0.25) is 0 Å². The largest absolute Gasteiger partial charge is 0.0899 e. The van der Waals surface area contributed by atoms with Gasteiger partial charge in [0.05, 0.1) is 0 Å². The van der Waals surface area contributed by atoms with Crippen LogP contribution < -0.4 is 0 Å². The summed E-state index contributed by atoms with van der Waals surface area (Å²) >= 11 is 0. The fourth-order valence-corrected chi connectivity index (χ4v) is 0.316. The molecule has 0 unspecified atom stereocenters. The molecule has 0 bridgehead atoms. The molecule has 0 heterocycles. The second-order valence-corrected chi connectivity index (χ2v) is 1.30. The maximum Gasteiger partial charge on any atom is 0.0440 e. The van der Waals surface area contributed by atoms with E-state index in [0.29, 0.717) is 13.1 Å². The monoisotopic (exact) mass is 138 g/mol. The first-order valence-corrected chi connectivity index (χ1v) is 2.58. The smallest absolute Gasteiger partial charge is 0.0440 e. The molecule has 6 nitrogen and oxygen atoms in total. The molecule has 0 radical (unpaired) electrons. The minimum atomic E-state index is 0.303. The summed E-state index contributed by atoms with van der Waals surface area (Å²) in [6.45, 7) is 0.606. The first-order valence-electron chi connectivity index (χ1n) is 2.58. The minimum Gasteiger partial charge on any atom is -0.0899 e. The van der Waals surface area contributed by atoms with E-state index in [9.17, 15) is 0 Å². The first kappa shape index (κ1) is 8.36. The van der Waals surface area contributed by atoms with Crippen molar-refractivity contribution in [2.45, 2.75) is 0 Å². The average Bonchev–Trinajstić information content (AvgIpc) is 1.97. The van der Waals surface area contributed by atoms with Crippen molar-refractivity contribution < 1.29 is 0 Å². The van der Waals surface area contributed by atoms with E-state index in [4.69, 9.17) is 11.1 Å². The summed E-state index contributed by atoms with van der Waals surface area (Å²) in [6.07, 6.45) is 3.27. The van der Waals surface area contributed by atoms with Crippen LogP contribution >= 0.6 is 0 Å². The lowest BCUT2D eigenvalue weighted by atomic mass is 10.5. The molecule has 0 N–H and O–H groups in total. The fraction of sp³-hybridized carbons (Fsp3) is 0.500. The van der Waals surface area contributed by atoms with E-state index in [1.165, 1.54) is 0 Å². The molecular formula is C4H6N6. The van der Waals surface area contributed by atoms with E-state index in [0.717, 1.165) is 0 Å². The van der Waals surface area contributed by atoms with Crippen molar-refractivity contribution >= 4 is 0 Å². The molecule has 0 saturated heterocycles. The van der Waals surface area contributed by atoms with Crippen LogP contribution in [0.5, 0.6) is 0 Å². The maximum atomic E-state index is 7.81. The Kier molecular flexibility index (Phi) is 6.15. The molecule has 52 valence electrons. The summed E-state index contributed by atoms with van der Waals surface area (Å²) in [5, 5.41) is 6.46. The van der Waals surface area contributed by atoms with Crippen LogP contribution in [0.4, 0.5) is 0 Å². The summed E-state index contributed by atoms with van der Waals surface area (Å²) in [7, 11) is 0. The molecule has 0 atom stereocenters. The third kappa shape index (κ3) is 6.36. The van der Waals surface area contributed by atoms with Crippen LogP contribution in [0.2, 0.25) is 0 Å². The number of hydrogen-bond donors (Lipinski definition) is 0. The predicted molar refractivity (Wildman–Crippen MR) is 37.2 cm³/mol. The predicted octanol–water partition coefficient (Wildman–Crippen LogP) is 2.16. The first-order chi connectivity index (χ1) is 4.91. The molecule has 6 heteroatoms. The quantitative estimate of drug-likeness (QED) is 0.246. The van der Waals surface area contributed by atoms with E-state index in [-0.39, 0.29) is 0 Å². The zero-order chi connectivity index (χ0) is 7.66. The van der Waals surface area contributed by atoms with E-state index in [1.807, 2.05) is 0 Å². The van der Waals surface area contributed by atoms with Gasteiger partial charge in [-0.15, -0.1) is 0 Å². The van der Waals surface area contributed by atoms with Crippen molar-refractivity contribution in [2.75, 3.05) is 13.1 Å². The highest BCUT2D eigenvalue weighted by Gasteiger charge is 1.69. The van der Waals surface area contributed by atoms with Crippen molar-refractivity contribution in [2.24, 2.45) is 10.2 Å². The van der Waals surface area contributed by atoms with Gasteiger partial charge in [0.15, 0.2) is 0 Å². The number of rotatable bonds is 4. The number of azide groups is 2. The zero-order valence-corrected chi connectivity index (χ0v) is 5.25. The molecule has 0 spiro atoms. The van der Waals surface area contributed by atoms with E-state index >= 15 is 0 Å². The Bertz CT molecular complexity index is 172. The Morgan fingerprint density at radius 2 is 1.40 bits per heavy atom. The summed E-state index contributed by atoms with van der Waals surface area (Å²) in [5.41, 5.74) is 15.6. The van der Waals surface area contributed by atoms with Crippen molar-refractivity contribution in [1.82, 2.24) is 0 Å². The van der Waals surface area contributed by atoms with Gasteiger partial charge in [-0.1, -0.05) is 22.4 Å². The molecule has 0 aliphatic carbocycles. The lowest BCUT2D eigenvalue weighted by Crippen LogP contribution is -1.70. The van der Waals surface area contributed by atoms with Crippen molar-refractivity contribution in [3.63, 3.8) is 0 Å². The van der Waals surface area contributed by atoms with E-state index in [2.05, 4.69) is 20.1 Å². The Hall–Kier alpha value is -1.64. The van der Waals surface area contributed by atoms with Gasteiger partial charge in [0.1, 0.15) is 0 Å². The molecule has 0 amide bonds. The van der Waals surface area contributed by atoms with Gasteiger partial charge in [-0.3, -0.25) is 0 Å². The standard InChI is InChI=1S/C4H6N6/c5-9-7-3-1-2-4-8-10-6/h1-2H,3-4H2/b2-1-. The van der Waals surface area contributed by atoms with Gasteiger partial charge >= 0.3 is 0 Å². The average molecular weight is 138 g/mol. The van der Waals surface area contributed by atoms with Crippen LogP contribution in [-0.4, -0.2) is 13.1 Å². The molecule has 0 aliphatic rings. The van der Waals surface area contributed by atoms with Gasteiger partial charge in [0.25, 0.3) is 0 Å². The van der Waals surface area contributed by atoms with Crippen LogP contribution in [0, 0.1) is 0 Å². The highest BCUT2D eigenvalue weighted by molar-refractivity contribution is 4.85. The number of nitrogens with zero attached hydrogens (tertiary/aromatic N) is 6. The molecule has 0 aromatic rings. The summed E-state index contributed by atoms with van der Waals surface area (Å²) in [6, 6.07) is 0. The second kappa shape index (κ2) is 7.36. The Morgan fingerprint density at radius 3 is 1.70 bits per heavy atom. The van der Waals surface area contributed by atoms with Crippen molar-refractivity contribution in [1.29, 1.82) is 0 Å². The van der Waals surface area contributed by atoms with Gasteiger partial charge in [-0.05, 0) is 11.1 Å². The van der Waals surface area contributed by atoms with Crippen molar-refractivity contribution in [3.8, 4) is 0 Å². The highest BCUT2D eigenvalue weighted by atomic mass is 15.1. The van der Waals surface area contributed by atoms with E-state index in [1.54, 1.807) is 12.2 Å². The Morgan fingerprint density at radius 1 is 1.00 bits per heavy atom. The molecule has 0 saturated carbocycles. The highest BCUT2D eigenvalue weighted by Crippen LogP contribution is 1.78. The zero-order valence-electron chi connectivity index (χ0n) is 5.25. The molecule has 0 rings (SSSR count). The molecule has 10 heavy (non-hydrogen) atoms. The minimum absolute atomic E-state index is 0.303. The molecule has 0 fully saturated rings. The molecular weight excluding hydrogens is 132 g/mol. The van der Waals surface area contributed by atoms with Crippen LogP contribution in [0.1, 0.15) is 0 Å². The maximum absolute atomic E-state index is 7.81. The van der Waals surface area contributed by atoms with Gasteiger partial charge in [0, 0.05) is 22.9 Å². The van der Waals surface area contributed by atoms with Gasteiger partial charge in [-0.2, -0.15) is 0 Å². The molecule has 0 aliphatic heterocycles. The SMILES string of the molecule is [N-]=[N+]=NC/C=C\CN=[N+]=[N-]. The van der Waals surface area contributed by atoms with Crippen molar-refractivity contribution in [3.05, 3.63) is 33.0 Å². The van der Waals surface area contributed by atoms with Crippen LogP contribution in [0.3, 0.4) is 0 Å². The van der Waals surface area contributed by atoms with E-state index < -0.39 is 0 Å². The van der Waals surface area contributed by atoms with Crippen LogP contribution in [-0.2, 0) is 0 Å². The summed E-state index contributed by atoms with van der Waals surface area (Å²) in [4.78, 5) is 5.05. The fourth-order valence-electron chi connectivity index (χ4n) is 0.316.